The molecule has 0 aromatic heterocycles. The zero-order chi connectivity index (χ0) is 20.9. The van der Waals surface area contributed by atoms with Gasteiger partial charge in [-0.25, -0.2) is 9.59 Å². The molecule has 4 heteroatoms. The molecule has 0 radical (unpaired) electrons. The van der Waals surface area contributed by atoms with Crippen molar-refractivity contribution in [2.75, 3.05) is 0 Å². The van der Waals surface area contributed by atoms with Crippen LogP contribution in [0.4, 0.5) is 0 Å². The lowest BCUT2D eigenvalue weighted by molar-refractivity contribution is 0.0650. The molecule has 0 aliphatic heterocycles. The minimum absolute atomic E-state index is 0.0203. The van der Waals surface area contributed by atoms with Crippen molar-refractivity contribution >= 4 is 11.9 Å². The summed E-state index contributed by atoms with van der Waals surface area (Å²) in [6, 6.07) is 3.26. The molecule has 0 aliphatic carbocycles. The number of carboxylic acid groups (broad SMARTS) is 2. The van der Waals surface area contributed by atoms with Gasteiger partial charge in [-0.1, -0.05) is 91.0 Å². The molecule has 0 bridgehead atoms. The third-order valence-electron chi connectivity index (χ3n) is 5.41. The predicted octanol–water partition coefficient (Wildman–Crippen LogP) is 7.06. The van der Waals surface area contributed by atoms with Gasteiger partial charge in [0.25, 0.3) is 0 Å². The van der Waals surface area contributed by atoms with Gasteiger partial charge in [0.2, 0.25) is 0 Å². The van der Waals surface area contributed by atoms with Crippen molar-refractivity contribution in [3.8, 4) is 0 Å². The van der Waals surface area contributed by atoms with Crippen molar-refractivity contribution in [1.82, 2.24) is 0 Å². The van der Waals surface area contributed by atoms with Gasteiger partial charge < -0.3 is 10.2 Å². The van der Waals surface area contributed by atoms with Crippen LogP contribution in [-0.2, 0) is 6.42 Å². The molecule has 0 fully saturated rings. The van der Waals surface area contributed by atoms with Crippen molar-refractivity contribution in [3.63, 3.8) is 0 Å². The smallest absolute Gasteiger partial charge is 0.336 e. The molecule has 1 rings (SSSR count). The summed E-state index contributed by atoms with van der Waals surface area (Å²) in [7, 11) is 0. The summed E-state index contributed by atoms with van der Waals surface area (Å²) >= 11 is 0. The molecule has 28 heavy (non-hydrogen) atoms. The Labute approximate surface area is 170 Å². The Bertz CT molecular complexity index is 619. The Morgan fingerprint density at radius 3 is 1.71 bits per heavy atom. The van der Waals surface area contributed by atoms with Crippen molar-refractivity contribution in [3.05, 3.63) is 34.4 Å². The maximum atomic E-state index is 11.7. The summed E-state index contributed by atoms with van der Waals surface area (Å²) in [5.74, 6) is -2.35. The van der Waals surface area contributed by atoms with Crippen LogP contribution in [-0.4, -0.2) is 22.2 Å². The molecule has 2 N–H and O–H groups in total. The molecule has 4 nitrogen and oxygen atoms in total. The molecule has 0 saturated carbocycles. The minimum Gasteiger partial charge on any atom is -0.478 e. The Hall–Kier alpha value is -1.84. The van der Waals surface area contributed by atoms with E-state index in [0.717, 1.165) is 24.8 Å². The van der Waals surface area contributed by atoms with Crippen LogP contribution in [0.2, 0.25) is 0 Å². The van der Waals surface area contributed by atoms with Crippen molar-refractivity contribution in [1.29, 1.82) is 0 Å². The molecule has 0 amide bonds. The normalized spacial score (nSPS) is 11.1. The minimum atomic E-state index is -1.18. The van der Waals surface area contributed by atoms with Gasteiger partial charge in [-0.05, 0) is 36.0 Å². The summed E-state index contributed by atoms with van der Waals surface area (Å²) < 4.78 is 0. The zero-order valence-corrected chi connectivity index (χ0v) is 17.9. The van der Waals surface area contributed by atoms with E-state index in [4.69, 9.17) is 0 Å². The molecule has 0 saturated heterocycles. The lowest BCUT2D eigenvalue weighted by Gasteiger charge is -2.18. The first kappa shape index (κ1) is 24.2. The van der Waals surface area contributed by atoms with E-state index in [2.05, 4.69) is 6.92 Å². The van der Waals surface area contributed by atoms with E-state index in [1.165, 1.54) is 63.9 Å². The van der Waals surface area contributed by atoms with Gasteiger partial charge in [-0.2, -0.15) is 0 Å². The molecule has 1 aromatic carbocycles. The average molecular weight is 391 g/mol. The highest BCUT2D eigenvalue weighted by Gasteiger charge is 2.24. The van der Waals surface area contributed by atoms with E-state index in [0.29, 0.717) is 5.56 Å². The number of aryl methyl sites for hydroxylation is 1. The molecular weight excluding hydrogens is 352 g/mol. The molecule has 1 aromatic rings. The van der Waals surface area contributed by atoms with Gasteiger partial charge in [-0.15, -0.1) is 0 Å². The van der Waals surface area contributed by atoms with Gasteiger partial charge in [-0.3, -0.25) is 0 Å². The number of benzene rings is 1. The fourth-order valence-electron chi connectivity index (χ4n) is 3.93. The molecule has 158 valence electrons. The van der Waals surface area contributed by atoms with Crippen LogP contribution in [0.15, 0.2) is 12.1 Å². The van der Waals surface area contributed by atoms with Crippen molar-refractivity contribution in [2.45, 2.75) is 104 Å². The van der Waals surface area contributed by atoms with Crippen molar-refractivity contribution in [2.24, 2.45) is 0 Å². The van der Waals surface area contributed by atoms with E-state index in [1.54, 1.807) is 0 Å². The maximum absolute atomic E-state index is 11.7. The first-order chi connectivity index (χ1) is 13.4. The first-order valence-corrected chi connectivity index (χ1v) is 11.0. The SMILES string of the molecule is CCCCCCCCCCCCCc1ccc(C(=O)O)c(C(=O)O)c1C(C)C. The fraction of sp³-hybridized carbons (Fsp3) is 0.667. The van der Waals surface area contributed by atoms with E-state index < -0.39 is 11.9 Å². The molecule has 0 atom stereocenters. The van der Waals surface area contributed by atoms with Crippen LogP contribution in [0.5, 0.6) is 0 Å². The monoisotopic (exact) mass is 390 g/mol. The van der Waals surface area contributed by atoms with Crippen LogP contribution in [0, 0.1) is 0 Å². The van der Waals surface area contributed by atoms with Crippen LogP contribution in [0.1, 0.15) is 129 Å². The number of rotatable bonds is 15. The Kier molecular flexibility index (Phi) is 11.5. The lowest BCUT2D eigenvalue weighted by Crippen LogP contribution is -2.14. The predicted molar refractivity (Wildman–Crippen MR) is 115 cm³/mol. The van der Waals surface area contributed by atoms with E-state index >= 15 is 0 Å². The van der Waals surface area contributed by atoms with Gasteiger partial charge in [0.15, 0.2) is 0 Å². The lowest BCUT2D eigenvalue weighted by atomic mass is 9.86. The fourth-order valence-corrected chi connectivity index (χ4v) is 3.93. The Morgan fingerprint density at radius 1 is 0.786 bits per heavy atom. The highest BCUT2D eigenvalue weighted by atomic mass is 16.4. The second-order valence-corrected chi connectivity index (χ2v) is 8.11. The number of unbranched alkanes of at least 4 members (excludes halogenated alkanes) is 10. The number of carboxylic acids is 2. The third kappa shape index (κ3) is 8.04. The number of hydrogen-bond donors (Lipinski definition) is 2. The second kappa shape index (κ2) is 13.4. The summed E-state index contributed by atoms with van der Waals surface area (Å²) in [6.45, 7) is 6.10. The summed E-state index contributed by atoms with van der Waals surface area (Å²) in [5.41, 5.74) is 1.51. The largest absolute Gasteiger partial charge is 0.478 e. The molecule has 0 spiro atoms. The number of hydrogen-bond acceptors (Lipinski definition) is 2. The maximum Gasteiger partial charge on any atom is 0.336 e. The molecule has 0 aliphatic rings. The van der Waals surface area contributed by atoms with E-state index in [1.807, 2.05) is 19.9 Å². The first-order valence-electron chi connectivity index (χ1n) is 11.0. The van der Waals surface area contributed by atoms with Crippen LogP contribution >= 0.6 is 0 Å². The quantitative estimate of drug-likeness (QED) is 0.314. The van der Waals surface area contributed by atoms with Crippen LogP contribution in [0.25, 0.3) is 0 Å². The van der Waals surface area contributed by atoms with E-state index in [-0.39, 0.29) is 17.0 Å². The molecule has 0 unspecified atom stereocenters. The summed E-state index contributed by atoms with van der Waals surface area (Å²) in [5, 5.41) is 18.9. The van der Waals surface area contributed by atoms with Gasteiger partial charge in [0.1, 0.15) is 0 Å². The summed E-state index contributed by atoms with van der Waals surface area (Å²) in [6.07, 6.45) is 14.8. The van der Waals surface area contributed by atoms with E-state index in [9.17, 15) is 19.8 Å². The highest BCUT2D eigenvalue weighted by molar-refractivity contribution is 6.03. The standard InChI is InChI=1S/C24H38O4/c1-4-5-6-7-8-9-10-11-12-13-14-15-19-16-17-20(23(25)26)22(24(27)28)21(19)18(2)3/h16-18H,4-15H2,1-3H3,(H,25,26)(H,27,28). The van der Waals surface area contributed by atoms with Crippen LogP contribution < -0.4 is 0 Å². The average Bonchev–Trinajstić information content (AvgIpc) is 2.64. The summed E-state index contributed by atoms with van der Waals surface area (Å²) in [4.78, 5) is 23.1. The molecular formula is C24H38O4. The Balaban J connectivity index is 2.49. The third-order valence-corrected chi connectivity index (χ3v) is 5.41. The number of aromatic carboxylic acids is 2. The zero-order valence-electron chi connectivity index (χ0n) is 17.9. The second-order valence-electron chi connectivity index (χ2n) is 8.11. The topological polar surface area (TPSA) is 74.6 Å². The van der Waals surface area contributed by atoms with Crippen LogP contribution in [0.3, 0.4) is 0 Å². The van der Waals surface area contributed by atoms with Gasteiger partial charge in [0, 0.05) is 0 Å². The van der Waals surface area contributed by atoms with Crippen molar-refractivity contribution < 1.29 is 19.8 Å². The Morgan fingerprint density at radius 2 is 1.29 bits per heavy atom. The van der Waals surface area contributed by atoms with Gasteiger partial charge >= 0.3 is 11.9 Å². The molecule has 0 heterocycles. The highest BCUT2D eigenvalue weighted by Crippen LogP contribution is 2.29. The number of carbonyl (C=O) groups is 2. The van der Waals surface area contributed by atoms with Gasteiger partial charge in [0.05, 0.1) is 11.1 Å².